The molecule has 21 heavy (non-hydrogen) atoms. The summed E-state index contributed by atoms with van der Waals surface area (Å²) >= 11 is 0. The molecule has 1 atom stereocenters. The van der Waals surface area contributed by atoms with Crippen LogP contribution in [0.3, 0.4) is 0 Å². The number of nitrogens with zero attached hydrogens (tertiary/aromatic N) is 3. The van der Waals surface area contributed by atoms with Crippen molar-refractivity contribution in [2.24, 2.45) is 0 Å². The molecule has 0 aliphatic carbocycles. The van der Waals surface area contributed by atoms with Crippen molar-refractivity contribution in [1.29, 1.82) is 0 Å². The van der Waals surface area contributed by atoms with E-state index in [4.69, 9.17) is 4.74 Å². The van der Waals surface area contributed by atoms with Gasteiger partial charge in [0.05, 0.1) is 6.33 Å². The summed E-state index contributed by atoms with van der Waals surface area (Å²) < 4.78 is 7.82. The normalized spacial score (nSPS) is 16.8. The number of aromatic amines is 1. The van der Waals surface area contributed by atoms with Gasteiger partial charge in [-0.05, 0) is 37.6 Å². The number of fused-ring (bicyclic) bond motifs is 1. The van der Waals surface area contributed by atoms with Crippen molar-refractivity contribution in [1.82, 2.24) is 19.5 Å². The van der Waals surface area contributed by atoms with E-state index in [2.05, 4.69) is 38.6 Å². The molecule has 1 N–H and O–H groups in total. The lowest BCUT2D eigenvalue weighted by Crippen LogP contribution is -2.05. The van der Waals surface area contributed by atoms with E-state index in [9.17, 15) is 0 Å². The number of H-pyrrole nitrogens is 1. The zero-order valence-electron chi connectivity index (χ0n) is 12.0. The number of aromatic nitrogens is 4. The van der Waals surface area contributed by atoms with Crippen molar-refractivity contribution < 1.29 is 4.74 Å². The molecule has 1 aliphatic rings. The number of imidazole rings is 2. The van der Waals surface area contributed by atoms with Gasteiger partial charge in [0, 0.05) is 30.2 Å². The van der Waals surface area contributed by atoms with E-state index in [0.717, 1.165) is 35.1 Å². The van der Waals surface area contributed by atoms with Gasteiger partial charge >= 0.3 is 0 Å². The molecule has 1 aliphatic heterocycles. The fourth-order valence-corrected chi connectivity index (χ4v) is 2.83. The fraction of sp³-hybridized carbons (Fsp3) is 0.250. The minimum atomic E-state index is 0.256. The molecule has 0 fully saturated rings. The highest BCUT2D eigenvalue weighted by molar-refractivity contribution is 5.58. The Balaban J connectivity index is 1.81. The van der Waals surface area contributed by atoms with Gasteiger partial charge in [0.15, 0.2) is 5.82 Å². The van der Waals surface area contributed by atoms with Crippen LogP contribution < -0.4 is 4.74 Å². The predicted molar refractivity (Wildman–Crippen MR) is 79.7 cm³/mol. The van der Waals surface area contributed by atoms with Crippen LogP contribution in [0.15, 0.2) is 36.9 Å². The summed E-state index contributed by atoms with van der Waals surface area (Å²) in [5.74, 6) is 1.84. The summed E-state index contributed by atoms with van der Waals surface area (Å²) in [6.45, 7) is 4.09. The number of benzene rings is 1. The van der Waals surface area contributed by atoms with E-state index in [-0.39, 0.29) is 6.10 Å². The summed E-state index contributed by atoms with van der Waals surface area (Å²) in [5.41, 5.74) is 4.23. The average molecular weight is 280 g/mol. The number of hydrogen-bond acceptors (Lipinski definition) is 3. The highest BCUT2D eigenvalue weighted by Crippen LogP contribution is 2.31. The first-order valence-electron chi connectivity index (χ1n) is 7.06. The van der Waals surface area contributed by atoms with Gasteiger partial charge < -0.3 is 9.72 Å². The molecule has 0 bridgehead atoms. The second-order valence-corrected chi connectivity index (χ2v) is 5.42. The second kappa shape index (κ2) is 4.48. The zero-order chi connectivity index (χ0) is 14.4. The largest absolute Gasteiger partial charge is 0.490 e. The SMILES string of the molecule is Cc1[nH]cnc1-c1nccn1-c1ccc2c(c1)C[C@@H](C)O2. The molecule has 1 aromatic carbocycles. The lowest BCUT2D eigenvalue weighted by Gasteiger charge is -2.08. The van der Waals surface area contributed by atoms with Crippen molar-refractivity contribution in [3.05, 3.63) is 48.2 Å². The minimum Gasteiger partial charge on any atom is -0.490 e. The summed E-state index contributed by atoms with van der Waals surface area (Å²) in [5, 5.41) is 0. The molecule has 2 aromatic heterocycles. The molecule has 0 spiro atoms. The van der Waals surface area contributed by atoms with Gasteiger partial charge in [-0.1, -0.05) is 0 Å². The molecular weight excluding hydrogens is 264 g/mol. The molecule has 5 nitrogen and oxygen atoms in total. The molecule has 0 unspecified atom stereocenters. The lowest BCUT2D eigenvalue weighted by molar-refractivity contribution is 0.254. The molecule has 3 heterocycles. The number of aryl methyl sites for hydroxylation is 1. The van der Waals surface area contributed by atoms with Crippen LogP contribution in [0.1, 0.15) is 18.2 Å². The maximum absolute atomic E-state index is 5.76. The maximum Gasteiger partial charge on any atom is 0.165 e. The summed E-state index contributed by atoms with van der Waals surface area (Å²) in [6, 6.07) is 6.27. The number of ether oxygens (including phenoxy) is 1. The van der Waals surface area contributed by atoms with Gasteiger partial charge in [0.25, 0.3) is 0 Å². The van der Waals surface area contributed by atoms with E-state index >= 15 is 0 Å². The van der Waals surface area contributed by atoms with Crippen molar-refractivity contribution in [3.63, 3.8) is 0 Å². The fourth-order valence-electron chi connectivity index (χ4n) is 2.83. The first-order chi connectivity index (χ1) is 10.2. The van der Waals surface area contributed by atoms with E-state index in [1.54, 1.807) is 12.5 Å². The average Bonchev–Trinajstić information content (AvgIpc) is 3.15. The lowest BCUT2D eigenvalue weighted by atomic mass is 10.1. The third kappa shape index (κ3) is 1.93. The van der Waals surface area contributed by atoms with Gasteiger partial charge in [-0.3, -0.25) is 4.57 Å². The van der Waals surface area contributed by atoms with Crippen LogP contribution in [-0.4, -0.2) is 25.6 Å². The summed E-state index contributed by atoms with van der Waals surface area (Å²) in [7, 11) is 0. The Bertz CT molecular complexity index is 802. The first kappa shape index (κ1) is 12.2. The van der Waals surface area contributed by atoms with Crippen LogP contribution in [0.2, 0.25) is 0 Å². The molecule has 106 valence electrons. The molecule has 0 radical (unpaired) electrons. The zero-order valence-corrected chi connectivity index (χ0v) is 12.0. The highest BCUT2D eigenvalue weighted by atomic mass is 16.5. The number of nitrogens with one attached hydrogen (secondary N) is 1. The summed E-state index contributed by atoms with van der Waals surface area (Å²) in [4.78, 5) is 11.9. The van der Waals surface area contributed by atoms with Gasteiger partial charge in [0.2, 0.25) is 0 Å². The smallest absolute Gasteiger partial charge is 0.165 e. The standard InChI is InChI=1S/C16H16N4O/c1-10-7-12-8-13(3-4-14(12)21-10)20-6-5-17-16(20)15-11(2)18-9-19-15/h3-6,8-10H,7H2,1-2H3,(H,18,19)/t10-/m1/s1. The van der Waals surface area contributed by atoms with Crippen LogP contribution in [0.4, 0.5) is 0 Å². The molecule has 5 heteroatoms. The first-order valence-corrected chi connectivity index (χ1v) is 7.06. The molecule has 3 aromatic rings. The van der Waals surface area contributed by atoms with Crippen LogP contribution in [0, 0.1) is 6.92 Å². The Morgan fingerprint density at radius 3 is 3.05 bits per heavy atom. The van der Waals surface area contributed by atoms with Crippen molar-refractivity contribution in [3.8, 4) is 23.0 Å². The molecule has 0 saturated heterocycles. The van der Waals surface area contributed by atoms with Gasteiger partial charge in [-0.2, -0.15) is 0 Å². The van der Waals surface area contributed by atoms with Crippen LogP contribution in [0.5, 0.6) is 5.75 Å². The predicted octanol–water partition coefficient (Wildman–Crippen LogP) is 2.89. The van der Waals surface area contributed by atoms with Gasteiger partial charge in [-0.25, -0.2) is 9.97 Å². The van der Waals surface area contributed by atoms with Crippen LogP contribution in [0.25, 0.3) is 17.2 Å². The maximum atomic E-state index is 5.76. The Morgan fingerprint density at radius 1 is 1.33 bits per heavy atom. The van der Waals surface area contributed by atoms with E-state index < -0.39 is 0 Å². The number of hydrogen-bond donors (Lipinski definition) is 1. The Kier molecular flexibility index (Phi) is 2.60. The molecule has 0 saturated carbocycles. The van der Waals surface area contributed by atoms with Crippen molar-refractivity contribution in [2.75, 3.05) is 0 Å². The van der Waals surface area contributed by atoms with Gasteiger partial charge in [-0.15, -0.1) is 0 Å². The highest BCUT2D eigenvalue weighted by Gasteiger charge is 2.20. The van der Waals surface area contributed by atoms with Crippen LogP contribution in [-0.2, 0) is 6.42 Å². The molecular formula is C16H16N4O. The van der Waals surface area contributed by atoms with Crippen molar-refractivity contribution in [2.45, 2.75) is 26.4 Å². The Hall–Kier alpha value is -2.56. The Labute approximate surface area is 122 Å². The minimum absolute atomic E-state index is 0.256. The topological polar surface area (TPSA) is 55.7 Å². The molecule has 0 amide bonds. The van der Waals surface area contributed by atoms with Gasteiger partial charge in [0.1, 0.15) is 17.5 Å². The third-order valence-electron chi connectivity index (χ3n) is 3.84. The van der Waals surface area contributed by atoms with Crippen molar-refractivity contribution >= 4 is 0 Å². The summed E-state index contributed by atoms with van der Waals surface area (Å²) in [6.07, 6.45) is 6.67. The van der Waals surface area contributed by atoms with E-state index in [1.807, 2.05) is 19.2 Å². The number of rotatable bonds is 2. The third-order valence-corrected chi connectivity index (χ3v) is 3.84. The monoisotopic (exact) mass is 280 g/mol. The Morgan fingerprint density at radius 2 is 2.24 bits per heavy atom. The quantitative estimate of drug-likeness (QED) is 0.785. The second-order valence-electron chi connectivity index (χ2n) is 5.42. The molecule has 4 rings (SSSR count). The van der Waals surface area contributed by atoms with E-state index in [0.29, 0.717) is 0 Å². The van der Waals surface area contributed by atoms with Crippen LogP contribution >= 0.6 is 0 Å². The van der Waals surface area contributed by atoms with E-state index in [1.165, 1.54) is 5.56 Å².